The van der Waals surface area contributed by atoms with Crippen molar-refractivity contribution < 1.29 is 0 Å². The van der Waals surface area contributed by atoms with Gasteiger partial charge in [-0.25, -0.2) is 9.89 Å². The topological polar surface area (TPSA) is 78.3 Å². The zero-order chi connectivity index (χ0) is 13.9. The highest BCUT2D eigenvalue weighted by molar-refractivity contribution is 5.48. The van der Waals surface area contributed by atoms with Gasteiger partial charge in [-0.2, -0.15) is 9.61 Å². The lowest BCUT2D eigenvalue weighted by atomic mass is 9.85. The monoisotopic (exact) mass is 274 g/mol. The minimum absolute atomic E-state index is 0.0438. The fourth-order valence-corrected chi connectivity index (χ4v) is 3.75. The number of nitrogens with one attached hydrogen (secondary N) is 2. The van der Waals surface area contributed by atoms with Crippen molar-refractivity contribution in [2.45, 2.75) is 19.4 Å². The van der Waals surface area contributed by atoms with E-state index in [9.17, 15) is 4.79 Å². The van der Waals surface area contributed by atoms with E-state index in [4.69, 9.17) is 0 Å². The number of aromatic amines is 1. The van der Waals surface area contributed by atoms with E-state index >= 15 is 0 Å². The second-order valence-corrected chi connectivity index (χ2v) is 6.28. The lowest BCUT2D eigenvalue weighted by molar-refractivity contribution is 0.355. The summed E-state index contributed by atoms with van der Waals surface area (Å²) in [6.45, 7) is 7.62. The fourth-order valence-electron chi connectivity index (χ4n) is 3.75. The standard InChI is InChI=1S/C13H18N6O/c1-13(2)9-6-14-5-8(9)7-18(13)11-4-3-10-15-16-12(20)19(10)17-11/h3-4,8-9,14H,5-7H2,1-2H3,(H,16,20). The Morgan fingerprint density at radius 2 is 2.20 bits per heavy atom. The van der Waals surface area contributed by atoms with Crippen molar-refractivity contribution in [3.8, 4) is 0 Å². The maximum Gasteiger partial charge on any atom is 0.364 e. The molecule has 20 heavy (non-hydrogen) atoms. The second-order valence-electron chi connectivity index (χ2n) is 6.28. The van der Waals surface area contributed by atoms with Crippen molar-refractivity contribution in [1.29, 1.82) is 0 Å². The number of H-pyrrole nitrogens is 1. The molecule has 0 bridgehead atoms. The molecule has 2 saturated heterocycles. The molecule has 4 heterocycles. The zero-order valence-electron chi connectivity index (χ0n) is 11.6. The molecule has 106 valence electrons. The SMILES string of the molecule is CC1(C)C2CNCC2CN1c1ccc2n[nH]c(=O)n2n1. The van der Waals surface area contributed by atoms with Gasteiger partial charge in [-0.1, -0.05) is 0 Å². The summed E-state index contributed by atoms with van der Waals surface area (Å²) < 4.78 is 1.33. The van der Waals surface area contributed by atoms with Crippen molar-refractivity contribution >= 4 is 11.5 Å². The summed E-state index contributed by atoms with van der Waals surface area (Å²) in [6, 6.07) is 3.79. The van der Waals surface area contributed by atoms with E-state index in [-0.39, 0.29) is 11.2 Å². The first-order chi connectivity index (χ1) is 9.57. The molecule has 2 atom stereocenters. The highest BCUT2D eigenvalue weighted by Crippen LogP contribution is 2.42. The first kappa shape index (κ1) is 11.9. The van der Waals surface area contributed by atoms with Gasteiger partial charge in [-0.3, -0.25) is 0 Å². The Morgan fingerprint density at radius 1 is 1.35 bits per heavy atom. The summed E-state index contributed by atoms with van der Waals surface area (Å²) in [4.78, 5) is 14.0. The number of hydrogen-bond acceptors (Lipinski definition) is 5. The molecule has 2 aliphatic rings. The molecule has 2 unspecified atom stereocenters. The number of hydrogen-bond donors (Lipinski definition) is 2. The van der Waals surface area contributed by atoms with Gasteiger partial charge in [0, 0.05) is 25.2 Å². The summed E-state index contributed by atoms with van der Waals surface area (Å²) in [5.41, 5.74) is 0.306. The van der Waals surface area contributed by atoms with Crippen LogP contribution in [0.4, 0.5) is 5.82 Å². The Morgan fingerprint density at radius 3 is 3.00 bits per heavy atom. The van der Waals surface area contributed by atoms with Crippen molar-refractivity contribution in [2.75, 3.05) is 24.5 Å². The third-order valence-electron chi connectivity index (χ3n) is 4.90. The van der Waals surface area contributed by atoms with E-state index in [0.29, 0.717) is 17.5 Å². The van der Waals surface area contributed by atoms with Crippen molar-refractivity contribution in [1.82, 2.24) is 25.1 Å². The quantitative estimate of drug-likeness (QED) is 0.756. The van der Waals surface area contributed by atoms with Crippen molar-refractivity contribution in [3.05, 3.63) is 22.6 Å². The summed E-state index contributed by atoms with van der Waals surface area (Å²) >= 11 is 0. The van der Waals surface area contributed by atoms with Crippen LogP contribution in [0.2, 0.25) is 0 Å². The minimum Gasteiger partial charge on any atom is -0.349 e. The summed E-state index contributed by atoms with van der Waals surface area (Å²) in [5, 5.41) is 14.3. The Bertz CT molecular complexity index is 717. The predicted octanol–water partition coefficient (Wildman–Crippen LogP) is -0.148. The molecule has 4 rings (SSSR count). The smallest absolute Gasteiger partial charge is 0.349 e. The number of aromatic nitrogens is 4. The molecular weight excluding hydrogens is 256 g/mol. The van der Waals surface area contributed by atoms with Gasteiger partial charge >= 0.3 is 5.69 Å². The largest absolute Gasteiger partial charge is 0.364 e. The van der Waals surface area contributed by atoms with Gasteiger partial charge in [-0.05, 0) is 37.8 Å². The van der Waals surface area contributed by atoms with Crippen molar-refractivity contribution in [3.63, 3.8) is 0 Å². The van der Waals surface area contributed by atoms with Gasteiger partial charge in [0.15, 0.2) is 5.65 Å². The van der Waals surface area contributed by atoms with E-state index < -0.39 is 0 Å². The second kappa shape index (κ2) is 3.82. The van der Waals surface area contributed by atoms with E-state index in [1.807, 2.05) is 12.1 Å². The lowest BCUT2D eigenvalue weighted by Crippen LogP contribution is -2.45. The average molecular weight is 274 g/mol. The van der Waals surface area contributed by atoms with Crippen LogP contribution in [0.3, 0.4) is 0 Å². The molecular formula is C13H18N6O. The van der Waals surface area contributed by atoms with Crippen LogP contribution in [0.5, 0.6) is 0 Å². The summed E-state index contributed by atoms with van der Waals surface area (Å²) in [7, 11) is 0. The Kier molecular flexibility index (Phi) is 2.27. The summed E-state index contributed by atoms with van der Waals surface area (Å²) in [6.07, 6.45) is 0. The Labute approximate surface area is 116 Å². The normalized spacial score (nSPS) is 28.2. The van der Waals surface area contributed by atoms with Crippen LogP contribution in [-0.4, -0.2) is 45.0 Å². The molecule has 2 aliphatic heterocycles. The van der Waals surface area contributed by atoms with Crippen LogP contribution in [0, 0.1) is 11.8 Å². The Balaban J connectivity index is 1.79. The molecule has 0 spiro atoms. The number of anilines is 1. The molecule has 0 aliphatic carbocycles. The molecule has 0 aromatic carbocycles. The zero-order valence-corrected chi connectivity index (χ0v) is 11.6. The molecule has 2 aromatic rings. The molecule has 0 radical (unpaired) electrons. The van der Waals surface area contributed by atoms with E-state index in [0.717, 1.165) is 25.5 Å². The number of fused-ring (bicyclic) bond motifs is 2. The molecule has 2 N–H and O–H groups in total. The predicted molar refractivity (Wildman–Crippen MR) is 74.9 cm³/mol. The van der Waals surface area contributed by atoms with Gasteiger partial charge in [0.05, 0.1) is 0 Å². The van der Waals surface area contributed by atoms with E-state index in [1.54, 1.807) is 0 Å². The van der Waals surface area contributed by atoms with Crippen LogP contribution in [0.25, 0.3) is 5.65 Å². The third-order valence-corrected chi connectivity index (χ3v) is 4.90. The molecule has 7 heteroatoms. The van der Waals surface area contributed by atoms with Crippen molar-refractivity contribution in [2.24, 2.45) is 11.8 Å². The van der Waals surface area contributed by atoms with Gasteiger partial charge in [0.25, 0.3) is 0 Å². The first-order valence-corrected chi connectivity index (χ1v) is 7.00. The minimum atomic E-state index is -0.291. The molecule has 0 saturated carbocycles. The number of nitrogens with zero attached hydrogens (tertiary/aromatic N) is 4. The van der Waals surface area contributed by atoms with Gasteiger partial charge < -0.3 is 10.2 Å². The summed E-state index contributed by atoms with van der Waals surface area (Å²) in [5.74, 6) is 2.13. The highest BCUT2D eigenvalue weighted by atomic mass is 16.2. The van der Waals surface area contributed by atoms with Crippen LogP contribution < -0.4 is 15.9 Å². The first-order valence-electron chi connectivity index (χ1n) is 7.00. The van der Waals surface area contributed by atoms with Gasteiger partial charge in [0.1, 0.15) is 5.82 Å². The number of rotatable bonds is 1. The van der Waals surface area contributed by atoms with Gasteiger partial charge in [0.2, 0.25) is 0 Å². The van der Waals surface area contributed by atoms with Crippen LogP contribution in [0.1, 0.15) is 13.8 Å². The molecule has 7 nitrogen and oxygen atoms in total. The van der Waals surface area contributed by atoms with E-state index in [1.165, 1.54) is 4.52 Å². The fraction of sp³-hybridized carbons (Fsp3) is 0.615. The lowest BCUT2D eigenvalue weighted by Gasteiger charge is -2.36. The van der Waals surface area contributed by atoms with Crippen LogP contribution in [-0.2, 0) is 0 Å². The van der Waals surface area contributed by atoms with Crippen LogP contribution >= 0.6 is 0 Å². The van der Waals surface area contributed by atoms with Crippen LogP contribution in [0.15, 0.2) is 16.9 Å². The molecule has 2 aromatic heterocycles. The Hall–Kier alpha value is -1.89. The molecule has 0 amide bonds. The molecule has 2 fully saturated rings. The maximum atomic E-state index is 11.7. The third kappa shape index (κ3) is 1.46. The van der Waals surface area contributed by atoms with Gasteiger partial charge in [-0.15, -0.1) is 5.10 Å². The highest BCUT2D eigenvalue weighted by Gasteiger charge is 2.50. The average Bonchev–Trinajstić information content (AvgIpc) is 3.08. The van der Waals surface area contributed by atoms with E-state index in [2.05, 4.69) is 39.4 Å². The maximum absolute atomic E-state index is 11.7.